The Morgan fingerprint density at radius 3 is 2.44 bits per heavy atom. The summed E-state index contributed by atoms with van der Waals surface area (Å²) in [5.74, 6) is 1.38. The van der Waals surface area contributed by atoms with Crippen LogP contribution in [0.2, 0.25) is 0 Å². The second-order valence-corrected chi connectivity index (χ2v) is 10.2. The maximum atomic E-state index is 13.7. The summed E-state index contributed by atoms with van der Waals surface area (Å²) >= 11 is 0. The molecule has 1 saturated heterocycles. The highest BCUT2D eigenvalue weighted by Crippen LogP contribution is 2.40. The summed E-state index contributed by atoms with van der Waals surface area (Å²) in [6.07, 6.45) is 5.75. The number of nitrogens with two attached hydrogens (primary N) is 1. The molecule has 2 saturated carbocycles. The molecule has 7 nitrogen and oxygen atoms in total. The lowest BCUT2D eigenvalue weighted by molar-refractivity contribution is -0.133. The van der Waals surface area contributed by atoms with Crippen LogP contribution in [-0.4, -0.2) is 64.3 Å². The van der Waals surface area contributed by atoms with Gasteiger partial charge in [-0.15, -0.1) is 0 Å². The minimum atomic E-state index is -0.606. The van der Waals surface area contributed by atoms with Crippen LogP contribution in [0, 0.1) is 5.92 Å². The van der Waals surface area contributed by atoms with Crippen molar-refractivity contribution in [1.82, 2.24) is 14.7 Å². The topological polar surface area (TPSA) is 82.2 Å². The summed E-state index contributed by atoms with van der Waals surface area (Å²) in [6.45, 7) is 2.60. The van der Waals surface area contributed by atoms with Gasteiger partial charge in [0, 0.05) is 30.3 Å². The van der Waals surface area contributed by atoms with Crippen LogP contribution in [-0.2, 0) is 9.59 Å². The number of benzene rings is 2. The third-order valence-electron chi connectivity index (χ3n) is 7.65. The maximum Gasteiger partial charge on any atom is 0.257 e. The van der Waals surface area contributed by atoms with Gasteiger partial charge in [-0.1, -0.05) is 49.2 Å². The van der Waals surface area contributed by atoms with Crippen molar-refractivity contribution in [3.63, 3.8) is 0 Å². The van der Waals surface area contributed by atoms with Crippen molar-refractivity contribution in [2.75, 3.05) is 32.2 Å². The summed E-state index contributed by atoms with van der Waals surface area (Å²) in [7, 11) is 0. The highest BCUT2D eigenvalue weighted by Gasteiger charge is 2.50. The monoisotopic (exact) mass is 457 g/mol. The highest BCUT2D eigenvalue weighted by atomic mass is 16.2. The number of aliphatic imine (C=N–C) groups is 1. The quantitative estimate of drug-likeness (QED) is 0.699. The molecule has 0 unspecified atom stereocenters. The van der Waals surface area contributed by atoms with Crippen LogP contribution < -0.4 is 5.73 Å². The summed E-state index contributed by atoms with van der Waals surface area (Å²) < 4.78 is 0. The first-order valence-electron chi connectivity index (χ1n) is 12.4. The fourth-order valence-electron chi connectivity index (χ4n) is 5.55. The van der Waals surface area contributed by atoms with Gasteiger partial charge in [-0.2, -0.15) is 0 Å². The van der Waals surface area contributed by atoms with Crippen molar-refractivity contribution in [3.05, 3.63) is 54.1 Å². The molecule has 176 valence electrons. The molecule has 1 spiro atoms. The van der Waals surface area contributed by atoms with Gasteiger partial charge in [-0.05, 0) is 48.9 Å². The second kappa shape index (κ2) is 8.24. The van der Waals surface area contributed by atoms with Crippen LogP contribution in [0.15, 0.2) is 53.5 Å². The Bertz CT molecular complexity index is 1150. The number of carbonyl (C=O) groups excluding carboxylic acids is 2. The summed E-state index contributed by atoms with van der Waals surface area (Å²) in [5.41, 5.74) is 9.19. The van der Waals surface area contributed by atoms with Gasteiger partial charge in [-0.25, -0.2) is 0 Å². The SMILES string of the molecule is Nc1cccc(-c2ccc(C3=NC4(CCCC4)C(=O)N3CN3CCN(C(=O)C4CC4)C3)cc2)c1. The molecule has 0 radical (unpaired) electrons. The second-order valence-electron chi connectivity index (χ2n) is 10.2. The zero-order valence-electron chi connectivity index (χ0n) is 19.4. The Kier molecular flexibility index (Phi) is 5.17. The maximum absolute atomic E-state index is 13.7. The first kappa shape index (κ1) is 21.4. The van der Waals surface area contributed by atoms with Crippen molar-refractivity contribution in [2.24, 2.45) is 10.9 Å². The molecule has 2 heterocycles. The molecule has 2 amide bonds. The van der Waals surface area contributed by atoms with Crippen LogP contribution in [0.5, 0.6) is 0 Å². The number of carbonyl (C=O) groups is 2. The Hall–Kier alpha value is -3.19. The standard InChI is InChI=1S/C27H31N5O2/c28-23-5-3-4-22(16-23)19-6-8-20(9-7-19)24-29-27(12-1-2-13-27)26(34)32(24)18-30-14-15-31(17-30)25(33)21-10-11-21/h3-9,16,21H,1-2,10-15,17-18,28H2. The molecule has 2 aliphatic carbocycles. The van der Waals surface area contributed by atoms with Crippen LogP contribution in [0.3, 0.4) is 0 Å². The van der Waals surface area contributed by atoms with Crippen molar-refractivity contribution >= 4 is 23.3 Å². The normalized spacial score (nSPS) is 22.1. The van der Waals surface area contributed by atoms with Crippen LogP contribution in [0.1, 0.15) is 44.1 Å². The predicted molar refractivity (Wildman–Crippen MR) is 132 cm³/mol. The predicted octanol–water partition coefficient (Wildman–Crippen LogP) is 3.31. The lowest BCUT2D eigenvalue weighted by Crippen LogP contribution is -2.47. The van der Waals surface area contributed by atoms with E-state index in [1.807, 2.05) is 34.1 Å². The van der Waals surface area contributed by atoms with Gasteiger partial charge < -0.3 is 10.6 Å². The Labute approximate surface area is 200 Å². The third-order valence-corrected chi connectivity index (χ3v) is 7.65. The molecule has 2 aliphatic heterocycles. The Balaban J connectivity index is 1.25. The van der Waals surface area contributed by atoms with E-state index in [9.17, 15) is 9.59 Å². The van der Waals surface area contributed by atoms with Crippen molar-refractivity contribution < 1.29 is 9.59 Å². The third kappa shape index (κ3) is 3.78. The largest absolute Gasteiger partial charge is 0.399 e. The van der Waals surface area contributed by atoms with Gasteiger partial charge in [0.25, 0.3) is 5.91 Å². The Morgan fingerprint density at radius 1 is 1.00 bits per heavy atom. The van der Waals surface area contributed by atoms with Gasteiger partial charge in [0.1, 0.15) is 11.4 Å². The number of hydrogen-bond acceptors (Lipinski definition) is 5. The molecule has 0 aromatic heterocycles. The van der Waals surface area contributed by atoms with E-state index in [0.29, 0.717) is 13.3 Å². The molecular formula is C27H31N5O2. The van der Waals surface area contributed by atoms with Crippen LogP contribution in [0.4, 0.5) is 5.69 Å². The summed E-state index contributed by atoms with van der Waals surface area (Å²) in [5, 5.41) is 0. The zero-order chi connectivity index (χ0) is 23.3. The number of hydrogen-bond donors (Lipinski definition) is 1. The van der Waals surface area contributed by atoms with Crippen molar-refractivity contribution in [1.29, 1.82) is 0 Å². The average Bonchev–Trinajstić information content (AvgIpc) is 3.30. The van der Waals surface area contributed by atoms with E-state index in [1.165, 1.54) is 0 Å². The average molecular weight is 458 g/mol. The van der Waals surface area contributed by atoms with E-state index in [2.05, 4.69) is 29.2 Å². The molecule has 2 aromatic carbocycles. The van der Waals surface area contributed by atoms with E-state index in [0.717, 1.165) is 79.8 Å². The van der Waals surface area contributed by atoms with E-state index in [4.69, 9.17) is 10.7 Å². The van der Waals surface area contributed by atoms with Crippen LogP contribution >= 0.6 is 0 Å². The van der Waals surface area contributed by atoms with E-state index in [1.54, 1.807) is 0 Å². The first-order valence-corrected chi connectivity index (χ1v) is 12.4. The van der Waals surface area contributed by atoms with E-state index < -0.39 is 5.54 Å². The number of amidine groups is 1. The number of nitrogens with zero attached hydrogens (tertiary/aromatic N) is 4. The number of nitrogen functional groups attached to an aromatic ring is 1. The van der Waals surface area contributed by atoms with Gasteiger partial charge in [0.15, 0.2) is 0 Å². The molecule has 7 heteroatoms. The molecule has 34 heavy (non-hydrogen) atoms. The molecular weight excluding hydrogens is 426 g/mol. The molecule has 2 aromatic rings. The molecule has 0 bridgehead atoms. The van der Waals surface area contributed by atoms with Crippen molar-refractivity contribution in [2.45, 2.75) is 44.1 Å². The van der Waals surface area contributed by atoms with Gasteiger partial charge in [-0.3, -0.25) is 24.4 Å². The summed E-state index contributed by atoms with van der Waals surface area (Å²) in [6, 6.07) is 16.1. The molecule has 2 N–H and O–H groups in total. The molecule has 6 rings (SSSR count). The summed E-state index contributed by atoms with van der Waals surface area (Å²) in [4.78, 5) is 37.2. The number of amides is 2. The first-order chi connectivity index (χ1) is 16.5. The fraction of sp³-hybridized carbons (Fsp3) is 0.444. The van der Waals surface area contributed by atoms with Gasteiger partial charge in [0.05, 0.1) is 13.3 Å². The lowest BCUT2D eigenvalue weighted by Gasteiger charge is -2.27. The molecule has 3 fully saturated rings. The minimum absolute atomic E-state index is 0.117. The number of anilines is 1. The molecule has 0 atom stereocenters. The van der Waals surface area contributed by atoms with Crippen LogP contribution in [0.25, 0.3) is 11.1 Å². The van der Waals surface area contributed by atoms with Gasteiger partial charge >= 0.3 is 0 Å². The fourth-order valence-corrected chi connectivity index (χ4v) is 5.55. The number of rotatable bonds is 5. The van der Waals surface area contributed by atoms with E-state index >= 15 is 0 Å². The molecule has 4 aliphatic rings. The Morgan fingerprint density at radius 2 is 1.74 bits per heavy atom. The van der Waals surface area contributed by atoms with Gasteiger partial charge in [0.2, 0.25) is 5.91 Å². The van der Waals surface area contributed by atoms with Crippen molar-refractivity contribution in [3.8, 4) is 11.1 Å². The zero-order valence-corrected chi connectivity index (χ0v) is 19.4. The van der Waals surface area contributed by atoms with E-state index in [-0.39, 0.29) is 17.7 Å². The smallest absolute Gasteiger partial charge is 0.257 e. The minimum Gasteiger partial charge on any atom is -0.399 e. The highest BCUT2D eigenvalue weighted by molar-refractivity contribution is 6.15. The lowest BCUT2D eigenvalue weighted by atomic mass is 9.98.